The van der Waals surface area contributed by atoms with Gasteiger partial charge in [-0.3, -0.25) is 9.78 Å². The molecule has 0 radical (unpaired) electrons. The van der Waals surface area contributed by atoms with Crippen LogP contribution in [-0.4, -0.2) is 28.0 Å². The summed E-state index contributed by atoms with van der Waals surface area (Å²) in [5, 5.41) is 3.83. The zero-order valence-electron chi connectivity index (χ0n) is 13.7. The van der Waals surface area contributed by atoms with Crippen LogP contribution in [0.25, 0.3) is 11.3 Å². The molecule has 0 spiro atoms. The van der Waals surface area contributed by atoms with Crippen LogP contribution >= 0.6 is 0 Å². The molecule has 2 aromatic heterocycles. The number of nitrogens with zero attached hydrogens (tertiary/aromatic N) is 3. The lowest BCUT2D eigenvalue weighted by atomic mass is 10.0. The van der Waals surface area contributed by atoms with E-state index in [2.05, 4.69) is 10.1 Å². The number of hydrogen-bond donors (Lipinski definition) is 0. The average molecular weight is 321 g/mol. The minimum absolute atomic E-state index is 0.0512. The van der Waals surface area contributed by atoms with Gasteiger partial charge in [-0.1, -0.05) is 48.5 Å². The topological polar surface area (TPSA) is 59.2 Å². The monoisotopic (exact) mass is 321 g/mol. The van der Waals surface area contributed by atoms with E-state index in [4.69, 9.17) is 4.52 Å². The summed E-state index contributed by atoms with van der Waals surface area (Å²) in [6.45, 7) is 2.05. The Labute approximate surface area is 140 Å². The molecule has 1 amide bonds. The van der Waals surface area contributed by atoms with E-state index >= 15 is 0 Å². The van der Waals surface area contributed by atoms with Crippen molar-refractivity contribution in [2.45, 2.75) is 19.4 Å². The molecule has 0 aliphatic rings. The zero-order valence-corrected chi connectivity index (χ0v) is 13.7. The molecular formula is C19H19N3O2. The van der Waals surface area contributed by atoms with Crippen LogP contribution < -0.4 is 0 Å². The molecule has 122 valence electrons. The van der Waals surface area contributed by atoms with E-state index in [1.807, 2.05) is 49.4 Å². The summed E-state index contributed by atoms with van der Waals surface area (Å²) in [5.74, 6) is 0.374. The van der Waals surface area contributed by atoms with E-state index in [-0.39, 0.29) is 11.9 Å². The molecule has 3 aromatic rings. The summed E-state index contributed by atoms with van der Waals surface area (Å²) in [6.07, 6.45) is 5.80. The van der Waals surface area contributed by atoms with Crippen LogP contribution in [0.1, 0.15) is 35.3 Å². The predicted octanol–water partition coefficient (Wildman–Crippen LogP) is 3.96. The van der Waals surface area contributed by atoms with Gasteiger partial charge in [0.05, 0.1) is 12.2 Å². The van der Waals surface area contributed by atoms with Gasteiger partial charge >= 0.3 is 0 Å². The molecule has 0 unspecified atom stereocenters. The van der Waals surface area contributed by atoms with E-state index in [1.54, 1.807) is 24.3 Å². The van der Waals surface area contributed by atoms with Gasteiger partial charge in [0.2, 0.25) is 0 Å². The van der Waals surface area contributed by atoms with E-state index in [1.165, 1.54) is 6.20 Å². The Bertz CT molecular complexity index is 800. The van der Waals surface area contributed by atoms with E-state index in [0.29, 0.717) is 11.3 Å². The highest BCUT2D eigenvalue weighted by molar-refractivity contribution is 5.99. The molecule has 0 N–H and O–H groups in total. The molecule has 2 heterocycles. The number of pyridine rings is 1. The van der Waals surface area contributed by atoms with Gasteiger partial charge in [0.1, 0.15) is 5.56 Å². The van der Waals surface area contributed by atoms with Crippen molar-refractivity contribution in [1.82, 2.24) is 15.0 Å². The summed E-state index contributed by atoms with van der Waals surface area (Å²) in [6, 6.07) is 13.3. The number of benzene rings is 1. The second-order valence-corrected chi connectivity index (χ2v) is 5.56. The number of amides is 1. The van der Waals surface area contributed by atoms with Crippen molar-refractivity contribution in [3.8, 4) is 11.3 Å². The third-order valence-electron chi connectivity index (χ3n) is 4.08. The number of hydrogen-bond acceptors (Lipinski definition) is 4. The highest BCUT2D eigenvalue weighted by Crippen LogP contribution is 2.28. The largest absolute Gasteiger partial charge is 0.355 e. The van der Waals surface area contributed by atoms with Gasteiger partial charge in [0, 0.05) is 25.0 Å². The normalized spacial score (nSPS) is 11.9. The van der Waals surface area contributed by atoms with Gasteiger partial charge in [0.25, 0.3) is 5.91 Å². The highest BCUT2D eigenvalue weighted by Gasteiger charge is 2.26. The number of carbonyl (C=O) groups excluding carboxylic acids is 1. The maximum atomic E-state index is 13.0. The zero-order chi connectivity index (χ0) is 16.9. The van der Waals surface area contributed by atoms with Crippen LogP contribution in [0.4, 0.5) is 0 Å². The first-order valence-corrected chi connectivity index (χ1v) is 7.89. The minimum atomic E-state index is -0.120. The molecule has 0 aliphatic heterocycles. The van der Waals surface area contributed by atoms with Crippen LogP contribution in [0.3, 0.4) is 0 Å². The van der Waals surface area contributed by atoms with Crippen molar-refractivity contribution in [2.75, 3.05) is 7.05 Å². The van der Waals surface area contributed by atoms with Crippen molar-refractivity contribution in [1.29, 1.82) is 0 Å². The van der Waals surface area contributed by atoms with Crippen LogP contribution in [0, 0.1) is 0 Å². The minimum Gasteiger partial charge on any atom is -0.355 e. The molecule has 1 aromatic carbocycles. The SMILES string of the molecule is CC[C@H](c1cccnc1)N(C)C(=O)c1cnoc1-c1ccccc1. The first-order valence-electron chi connectivity index (χ1n) is 7.89. The Morgan fingerprint density at radius 2 is 1.96 bits per heavy atom. The van der Waals surface area contributed by atoms with Gasteiger partial charge in [0.15, 0.2) is 5.76 Å². The van der Waals surface area contributed by atoms with Gasteiger partial charge < -0.3 is 9.42 Å². The lowest BCUT2D eigenvalue weighted by Gasteiger charge is -2.27. The molecule has 24 heavy (non-hydrogen) atoms. The fourth-order valence-electron chi connectivity index (χ4n) is 2.83. The van der Waals surface area contributed by atoms with Crippen molar-refractivity contribution in [3.05, 3.63) is 72.2 Å². The Balaban J connectivity index is 1.91. The Morgan fingerprint density at radius 3 is 2.62 bits per heavy atom. The van der Waals surface area contributed by atoms with Gasteiger partial charge in [-0.25, -0.2) is 0 Å². The molecule has 0 fully saturated rings. The Hall–Kier alpha value is -2.95. The van der Waals surface area contributed by atoms with Crippen molar-refractivity contribution >= 4 is 5.91 Å². The molecule has 5 nitrogen and oxygen atoms in total. The fraction of sp³-hybridized carbons (Fsp3) is 0.211. The van der Waals surface area contributed by atoms with Gasteiger partial charge in [-0.2, -0.15) is 0 Å². The second-order valence-electron chi connectivity index (χ2n) is 5.56. The predicted molar refractivity (Wildman–Crippen MR) is 91.3 cm³/mol. The fourth-order valence-corrected chi connectivity index (χ4v) is 2.83. The molecule has 3 rings (SSSR count). The lowest BCUT2D eigenvalue weighted by Crippen LogP contribution is -2.31. The highest BCUT2D eigenvalue weighted by atomic mass is 16.5. The summed E-state index contributed by atoms with van der Waals surface area (Å²) >= 11 is 0. The van der Waals surface area contributed by atoms with Crippen LogP contribution in [0.15, 0.2) is 65.6 Å². The Morgan fingerprint density at radius 1 is 1.17 bits per heavy atom. The maximum Gasteiger partial charge on any atom is 0.259 e. The maximum absolute atomic E-state index is 13.0. The van der Waals surface area contributed by atoms with E-state index in [0.717, 1.165) is 17.5 Å². The quantitative estimate of drug-likeness (QED) is 0.713. The van der Waals surface area contributed by atoms with Gasteiger partial charge in [-0.05, 0) is 18.1 Å². The number of aromatic nitrogens is 2. The average Bonchev–Trinajstić information content (AvgIpc) is 3.13. The van der Waals surface area contributed by atoms with Crippen LogP contribution in [0.5, 0.6) is 0 Å². The van der Waals surface area contributed by atoms with E-state index < -0.39 is 0 Å². The lowest BCUT2D eigenvalue weighted by molar-refractivity contribution is 0.0726. The van der Waals surface area contributed by atoms with E-state index in [9.17, 15) is 4.79 Å². The summed E-state index contributed by atoms with van der Waals surface area (Å²) in [4.78, 5) is 18.9. The molecular weight excluding hydrogens is 302 g/mol. The first-order chi connectivity index (χ1) is 11.7. The summed E-state index contributed by atoms with van der Waals surface area (Å²) < 4.78 is 5.33. The number of rotatable bonds is 5. The molecule has 0 saturated heterocycles. The first kappa shape index (κ1) is 15.9. The third kappa shape index (κ3) is 3.06. The molecule has 0 aliphatic carbocycles. The van der Waals surface area contributed by atoms with Gasteiger partial charge in [-0.15, -0.1) is 0 Å². The molecule has 0 bridgehead atoms. The molecule has 0 saturated carbocycles. The third-order valence-corrected chi connectivity index (χ3v) is 4.08. The molecule has 5 heteroatoms. The smallest absolute Gasteiger partial charge is 0.259 e. The van der Waals surface area contributed by atoms with Crippen molar-refractivity contribution in [2.24, 2.45) is 0 Å². The second kappa shape index (κ2) is 7.08. The number of carbonyl (C=O) groups is 1. The van der Waals surface area contributed by atoms with Crippen LogP contribution in [-0.2, 0) is 0 Å². The van der Waals surface area contributed by atoms with Crippen molar-refractivity contribution < 1.29 is 9.32 Å². The van der Waals surface area contributed by atoms with Crippen LogP contribution in [0.2, 0.25) is 0 Å². The Kier molecular flexibility index (Phi) is 4.70. The standard InChI is InChI=1S/C19H19N3O2/c1-3-17(15-10-7-11-20-12-15)22(2)19(23)16-13-21-24-18(16)14-8-5-4-6-9-14/h4-13,17H,3H2,1-2H3/t17-/m1/s1. The molecule has 1 atom stereocenters. The van der Waals surface area contributed by atoms with Crippen molar-refractivity contribution in [3.63, 3.8) is 0 Å². The summed E-state index contributed by atoms with van der Waals surface area (Å²) in [7, 11) is 1.80. The summed E-state index contributed by atoms with van der Waals surface area (Å²) in [5.41, 5.74) is 2.31.